The van der Waals surface area contributed by atoms with Crippen molar-refractivity contribution in [2.75, 3.05) is 26.4 Å². The molecule has 0 aliphatic rings. The molecule has 3 atom stereocenters. The van der Waals surface area contributed by atoms with Crippen LogP contribution in [0.15, 0.2) is 48.6 Å². The van der Waals surface area contributed by atoms with Crippen LogP contribution in [-0.4, -0.2) is 65.7 Å². The second-order valence-corrected chi connectivity index (χ2v) is 16.5. The van der Waals surface area contributed by atoms with Gasteiger partial charge in [0.15, 0.2) is 0 Å². The van der Waals surface area contributed by atoms with Gasteiger partial charge in [0.1, 0.15) is 12.2 Å². The molecular weight excluding hydrogens is 743 g/mol. The van der Waals surface area contributed by atoms with Gasteiger partial charge in [-0.1, -0.05) is 159 Å². The van der Waals surface area contributed by atoms with Crippen LogP contribution >= 0.6 is 7.82 Å². The van der Waals surface area contributed by atoms with E-state index in [1.54, 1.807) is 0 Å². The third-order valence-electron chi connectivity index (χ3n) is 9.49. The topological polar surface area (TPSA) is 149 Å². The summed E-state index contributed by atoms with van der Waals surface area (Å²) in [5, 5.41) is 19.2. The Kier molecular flexibility index (Phi) is 40.5. The van der Waals surface area contributed by atoms with E-state index in [0.29, 0.717) is 12.8 Å². The normalized spacial score (nSPS) is 14.3. The van der Waals surface area contributed by atoms with Gasteiger partial charge in [0.25, 0.3) is 0 Å². The molecule has 0 heterocycles. The molecule has 3 unspecified atom stereocenters. The van der Waals surface area contributed by atoms with E-state index in [-0.39, 0.29) is 12.8 Å². The summed E-state index contributed by atoms with van der Waals surface area (Å²) < 4.78 is 32.6. The maximum absolute atomic E-state index is 12.4. The maximum Gasteiger partial charge on any atom is 0.472 e. The third-order valence-corrected chi connectivity index (χ3v) is 10.4. The zero-order valence-electron chi connectivity index (χ0n) is 36.0. The number of allylic oxidation sites excluding steroid dienone is 8. The molecule has 11 heteroatoms. The molecule has 0 aromatic carbocycles. The Hall–Kier alpha value is -2.07. The van der Waals surface area contributed by atoms with Gasteiger partial charge in [0, 0.05) is 12.8 Å². The minimum atomic E-state index is -4.64. The summed E-state index contributed by atoms with van der Waals surface area (Å²) in [7, 11) is -4.64. The van der Waals surface area contributed by atoms with Crippen molar-refractivity contribution in [2.45, 2.75) is 206 Å². The van der Waals surface area contributed by atoms with Gasteiger partial charge in [0.05, 0.1) is 26.4 Å². The Morgan fingerprint density at radius 3 is 1.16 bits per heavy atom. The van der Waals surface area contributed by atoms with Gasteiger partial charge in [-0.25, -0.2) is 4.57 Å². The molecule has 57 heavy (non-hydrogen) atoms. The maximum atomic E-state index is 12.4. The highest BCUT2D eigenvalue weighted by Crippen LogP contribution is 2.43. The minimum absolute atomic E-state index is 0.175. The smallest absolute Gasteiger partial charge is 0.457 e. The quantitative estimate of drug-likeness (QED) is 0.0235. The number of hydrogen-bond acceptors (Lipinski definition) is 9. The molecule has 0 aromatic rings. The molecule has 0 amide bonds. The van der Waals surface area contributed by atoms with Crippen molar-refractivity contribution in [3.63, 3.8) is 0 Å². The van der Waals surface area contributed by atoms with Crippen LogP contribution < -0.4 is 0 Å². The molecule has 332 valence electrons. The van der Waals surface area contributed by atoms with E-state index < -0.39 is 58.4 Å². The first-order chi connectivity index (χ1) is 27.8. The van der Waals surface area contributed by atoms with Gasteiger partial charge in [-0.3, -0.25) is 18.6 Å². The van der Waals surface area contributed by atoms with Crippen molar-refractivity contribution >= 4 is 19.8 Å². The van der Waals surface area contributed by atoms with Crippen LogP contribution in [0.5, 0.6) is 0 Å². The molecule has 0 spiro atoms. The summed E-state index contributed by atoms with van der Waals surface area (Å²) in [6, 6.07) is 0. The first kappa shape index (κ1) is 54.9. The predicted octanol–water partition coefficient (Wildman–Crippen LogP) is 12.1. The van der Waals surface area contributed by atoms with E-state index in [1.807, 2.05) is 0 Å². The van der Waals surface area contributed by atoms with Crippen LogP contribution in [0.1, 0.15) is 194 Å². The van der Waals surface area contributed by atoms with Crippen LogP contribution in [0, 0.1) is 0 Å². The molecule has 0 radical (unpaired) electrons. The molecule has 0 aliphatic heterocycles. The van der Waals surface area contributed by atoms with E-state index >= 15 is 0 Å². The van der Waals surface area contributed by atoms with Gasteiger partial charge < -0.3 is 24.6 Å². The van der Waals surface area contributed by atoms with E-state index in [9.17, 15) is 29.3 Å². The molecule has 0 fully saturated rings. The highest BCUT2D eigenvalue weighted by Gasteiger charge is 2.27. The van der Waals surface area contributed by atoms with E-state index in [0.717, 1.165) is 77.0 Å². The summed E-state index contributed by atoms with van der Waals surface area (Å²) in [6.45, 7) is 2.11. The fourth-order valence-electron chi connectivity index (χ4n) is 6.01. The average Bonchev–Trinajstić information content (AvgIpc) is 3.20. The largest absolute Gasteiger partial charge is 0.472 e. The van der Waals surface area contributed by atoms with Gasteiger partial charge in [-0.15, -0.1) is 0 Å². The molecule has 0 saturated carbocycles. The molecule has 0 aromatic heterocycles. The lowest BCUT2D eigenvalue weighted by molar-refractivity contribution is -0.153. The number of rotatable bonds is 42. The number of carbonyl (C=O) groups excluding carboxylic acids is 2. The zero-order chi connectivity index (χ0) is 41.9. The Morgan fingerprint density at radius 1 is 0.474 bits per heavy atom. The van der Waals surface area contributed by atoms with Gasteiger partial charge in [0.2, 0.25) is 0 Å². The Labute approximate surface area is 347 Å². The number of aliphatic hydroxyl groups excluding tert-OH is 2. The van der Waals surface area contributed by atoms with Crippen molar-refractivity contribution in [2.24, 2.45) is 0 Å². The van der Waals surface area contributed by atoms with Crippen LogP contribution in [0.2, 0.25) is 0 Å². The van der Waals surface area contributed by atoms with Gasteiger partial charge in [-0.2, -0.15) is 0 Å². The van der Waals surface area contributed by atoms with E-state index in [2.05, 4.69) is 62.5 Å². The predicted molar refractivity (Wildman–Crippen MR) is 233 cm³/mol. The SMILES string of the molecule is CCC/C=C\C/C=C\CCCCCCCC(=O)OC(CO)COP(=O)(O)OCC(CO)OC(=O)CCCCCCCCCCC/C=C\C/C=C\CCCCCCC. The fraction of sp³-hybridized carbons (Fsp3) is 0.783. The number of phosphoric ester groups is 1. The second-order valence-electron chi connectivity index (χ2n) is 15.0. The zero-order valence-corrected chi connectivity index (χ0v) is 36.9. The molecule has 0 rings (SSSR count). The molecule has 0 saturated heterocycles. The summed E-state index contributed by atoms with van der Waals surface area (Å²) >= 11 is 0. The summed E-state index contributed by atoms with van der Waals surface area (Å²) in [6.07, 6.45) is 45.1. The first-order valence-electron chi connectivity index (χ1n) is 22.6. The lowest BCUT2D eigenvalue weighted by Crippen LogP contribution is -2.28. The Bertz CT molecular complexity index is 1090. The summed E-state index contributed by atoms with van der Waals surface area (Å²) in [4.78, 5) is 34.5. The standard InChI is InChI=1S/C46H83O10P/c1-3-5-7-9-11-13-15-17-18-19-20-21-22-23-24-26-28-30-32-34-36-38-46(50)56-44(40-48)42-54-57(51,52)53-41-43(39-47)55-45(49)37-35-33-31-29-27-25-16-14-12-10-8-6-4-2/h8,10,14-17,19-20,43-44,47-48H,3-7,9,11-13,18,21-42H2,1-2H3,(H,51,52)/b10-8-,16-14-,17-15-,20-19-. The number of unbranched alkanes of at least 4 members (excludes halogenated alkanes) is 20. The van der Waals surface area contributed by atoms with Crippen LogP contribution in [0.4, 0.5) is 0 Å². The molecule has 0 bridgehead atoms. The van der Waals surface area contributed by atoms with Crippen molar-refractivity contribution in [3.8, 4) is 0 Å². The number of carbonyl (C=O) groups is 2. The lowest BCUT2D eigenvalue weighted by atomic mass is 10.1. The second kappa shape index (κ2) is 42.1. The van der Waals surface area contributed by atoms with E-state index in [1.165, 1.54) is 77.0 Å². The van der Waals surface area contributed by atoms with Crippen LogP contribution in [0.3, 0.4) is 0 Å². The molecule has 0 aliphatic carbocycles. The monoisotopic (exact) mass is 827 g/mol. The number of aliphatic hydroxyl groups is 2. The summed E-state index contributed by atoms with van der Waals surface area (Å²) in [5.74, 6) is -1.04. The van der Waals surface area contributed by atoms with Gasteiger partial charge in [-0.05, 0) is 70.6 Å². The average molecular weight is 827 g/mol. The first-order valence-corrected chi connectivity index (χ1v) is 24.1. The molecule has 10 nitrogen and oxygen atoms in total. The van der Waals surface area contributed by atoms with Crippen molar-refractivity contribution in [1.29, 1.82) is 0 Å². The Balaban J connectivity index is 3.90. The van der Waals surface area contributed by atoms with E-state index in [4.69, 9.17) is 18.5 Å². The summed E-state index contributed by atoms with van der Waals surface area (Å²) in [5.41, 5.74) is 0. The van der Waals surface area contributed by atoms with Crippen molar-refractivity contribution in [3.05, 3.63) is 48.6 Å². The minimum Gasteiger partial charge on any atom is -0.457 e. The third kappa shape index (κ3) is 40.5. The highest BCUT2D eigenvalue weighted by atomic mass is 31.2. The number of esters is 2. The Morgan fingerprint density at radius 2 is 0.807 bits per heavy atom. The number of hydrogen-bond donors (Lipinski definition) is 3. The van der Waals surface area contributed by atoms with Crippen molar-refractivity contribution in [1.82, 2.24) is 0 Å². The highest BCUT2D eigenvalue weighted by molar-refractivity contribution is 7.47. The van der Waals surface area contributed by atoms with Crippen LogP contribution in [-0.2, 0) is 32.7 Å². The molecule has 3 N–H and O–H groups in total. The molecular formula is C46H83O10P. The number of phosphoric acid groups is 1. The van der Waals surface area contributed by atoms with Crippen LogP contribution in [0.25, 0.3) is 0 Å². The van der Waals surface area contributed by atoms with Gasteiger partial charge >= 0.3 is 19.8 Å². The van der Waals surface area contributed by atoms with Crippen molar-refractivity contribution < 1.29 is 47.8 Å². The number of ether oxygens (including phenoxy) is 2. The lowest BCUT2D eigenvalue weighted by Gasteiger charge is -2.20. The fourth-order valence-corrected chi connectivity index (χ4v) is 6.79.